The zero-order valence-electron chi connectivity index (χ0n) is 22.9. The molecule has 0 unspecified atom stereocenters. The van der Waals surface area contributed by atoms with Crippen LogP contribution in [-0.2, 0) is 32.0 Å². The van der Waals surface area contributed by atoms with Gasteiger partial charge in [-0.1, -0.05) is 6.07 Å². The van der Waals surface area contributed by atoms with E-state index in [0.717, 1.165) is 16.0 Å². The van der Waals surface area contributed by atoms with Crippen LogP contribution in [0.1, 0.15) is 29.3 Å². The second kappa shape index (κ2) is 16.5. The van der Waals surface area contributed by atoms with Crippen molar-refractivity contribution >= 4 is 29.2 Å². The van der Waals surface area contributed by atoms with Gasteiger partial charge in [0.05, 0.1) is 27.4 Å². The van der Waals surface area contributed by atoms with Crippen molar-refractivity contribution in [1.82, 2.24) is 15.1 Å². The van der Waals surface area contributed by atoms with E-state index >= 15 is 0 Å². The number of thiophene rings is 1. The molecule has 0 atom stereocenters. The van der Waals surface area contributed by atoms with E-state index in [0.29, 0.717) is 50.6 Å². The van der Waals surface area contributed by atoms with E-state index in [4.69, 9.17) is 18.9 Å². The number of nitrogens with zero attached hydrogens (tertiary/aromatic N) is 2. The Kier molecular flexibility index (Phi) is 13.4. The van der Waals surface area contributed by atoms with Gasteiger partial charge in [0, 0.05) is 31.7 Å². The van der Waals surface area contributed by atoms with Gasteiger partial charge >= 0.3 is 12.0 Å². The lowest BCUT2D eigenvalue weighted by Gasteiger charge is -2.28. The Morgan fingerprint density at radius 1 is 1.00 bits per heavy atom. The maximum absolute atomic E-state index is 13.6. The van der Waals surface area contributed by atoms with Crippen LogP contribution in [0.5, 0.6) is 11.5 Å². The van der Waals surface area contributed by atoms with Gasteiger partial charge < -0.3 is 34.1 Å². The van der Waals surface area contributed by atoms with Crippen LogP contribution >= 0.6 is 11.3 Å². The average Bonchev–Trinajstić information content (AvgIpc) is 3.32. The second-order valence-corrected chi connectivity index (χ2v) is 9.51. The Morgan fingerprint density at radius 2 is 1.76 bits per heavy atom. The summed E-state index contributed by atoms with van der Waals surface area (Å²) in [4.78, 5) is 42.4. The van der Waals surface area contributed by atoms with Gasteiger partial charge in [0.1, 0.15) is 13.1 Å². The summed E-state index contributed by atoms with van der Waals surface area (Å²) >= 11 is 1.59. The molecule has 0 radical (unpaired) electrons. The first-order valence-electron chi connectivity index (χ1n) is 12.5. The number of methoxy groups -OCH3 is 3. The van der Waals surface area contributed by atoms with E-state index < -0.39 is 12.0 Å². The van der Waals surface area contributed by atoms with Crippen molar-refractivity contribution in [2.24, 2.45) is 0 Å². The number of nitrogens with one attached hydrogen (secondary N) is 1. The molecule has 0 saturated heterocycles. The minimum Gasteiger partial charge on any atom is -0.493 e. The molecular formula is C27H39N3O7S. The van der Waals surface area contributed by atoms with Crippen LogP contribution in [0.4, 0.5) is 4.79 Å². The zero-order chi connectivity index (χ0) is 27.9. The maximum atomic E-state index is 13.6. The van der Waals surface area contributed by atoms with Crippen molar-refractivity contribution in [2.75, 3.05) is 60.7 Å². The molecule has 1 heterocycles. The summed E-state index contributed by atoms with van der Waals surface area (Å²) in [5, 5.41) is 4.55. The Labute approximate surface area is 228 Å². The first-order valence-corrected chi connectivity index (χ1v) is 13.4. The number of hydrogen-bond acceptors (Lipinski definition) is 8. The van der Waals surface area contributed by atoms with Crippen molar-refractivity contribution in [1.29, 1.82) is 0 Å². The van der Waals surface area contributed by atoms with Gasteiger partial charge in [0.15, 0.2) is 11.5 Å². The molecule has 0 spiro atoms. The molecule has 2 aromatic rings. The van der Waals surface area contributed by atoms with Gasteiger partial charge in [0.2, 0.25) is 5.91 Å². The summed E-state index contributed by atoms with van der Waals surface area (Å²) in [7, 11) is 4.75. The van der Waals surface area contributed by atoms with Gasteiger partial charge in [-0.25, -0.2) is 4.79 Å². The summed E-state index contributed by atoms with van der Waals surface area (Å²) in [6.45, 7) is 5.16. The number of esters is 1. The van der Waals surface area contributed by atoms with Crippen molar-refractivity contribution in [3.05, 3.63) is 45.6 Å². The standard InChI is InChI=1S/C27H39N3O7S/c1-6-37-26(32)17-28-27(33)30(12-7-14-34-3)19-25(31)29(18-24-20(2)11-15-38-24)13-10-21-8-9-22(35-4)23(16-21)36-5/h8-9,11,15-16H,6-7,10,12-14,17-19H2,1-5H3,(H,28,33). The predicted octanol–water partition coefficient (Wildman–Crippen LogP) is 3.26. The lowest BCUT2D eigenvalue weighted by atomic mass is 10.1. The summed E-state index contributed by atoms with van der Waals surface area (Å²) in [5.74, 6) is 0.536. The second-order valence-electron chi connectivity index (χ2n) is 8.51. The molecule has 3 amide bonds. The normalized spacial score (nSPS) is 10.6. The molecule has 38 heavy (non-hydrogen) atoms. The van der Waals surface area contributed by atoms with Crippen LogP contribution in [0.25, 0.3) is 0 Å². The van der Waals surface area contributed by atoms with E-state index in [-0.39, 0.29) is 25.6 Å². The third-order valence-corrected chi connectivity index (χ3v) is 6.86. The average molecular weight is 550 g/mol. The smallest absolute Gasteiger partial charge is 0.325 e. The number of aryl methyl sites for hydroxylation is 1. The lowest BCUT2D eigenvalue weighted by molar-refractivity contribution is -0.141. The van der Waals surface area contributed by atoms with Crippen LogP contribution < -0.4 is 14.8 Å². The quantitative estimate of drug-likeness (QED) is 0.253. The molecule has 0 saturated carbocycles. The molecule has 2 rings (SSSR count). The zero-order valence-corrected chi connectivity index (χ0v) is 23.7. The number of amides is 3. The topological polar surface area (TPSA) is 107 Å². The summed E-state index contributed by atoms with van der Waals surface area (Å²) in [6.07, 6.45) is 1.14. The summed E-state index contributed by atoms with van der Waals surface area (Å²) in [6, 6.07) is 7.21. The third kappa shape index (κ3) is 9.86. The number of urea groups is 1. The monoisotopic (exact) mass is 549 g/mol. The van der Waals surface area contributed by atoms with Crippen molar-refractivity contribution < 1.29 is 33.3 Å². The largest absolute Gasteiger partial charge is 0.493 e. The van der Waals surface area contributed by atoms with E-state index in [2.05, 4.69) is 5.32 Å². The predicted molar refractivity (Wildman–Crippen MR) is 146 cm³/mol. The number of carbonyl (C=O) groups is 3. The van der Waals surface area contributed by atoms with Crippen molar-refractivity contribution in [3.63, 3.8) is 0 Å². The molecule has 10 nitrogen and oxygen atoms in total. The van der Waals surface area contributed by atoms with Crippen LogP contribution in [-0.4, -0.2) is 88.4 Å². The molecule has 0 aliphatic heterocycles. The fourth-order valence-corrected chi connectivity index (χ4v) is 4.64. The number of ether oxygens (including phenoxy) is 4. The van der Waals surface area contributed by atoms with Gasteiger partial charge in [-0.2, -0.15) is 0 Å². The molecule has 1 aromatic heterocycles. The van der Waals surface area contributed by atoms with Crippen LogP contribution in [0.2, 0.25) is 0 Å². The van der Waals surface area contributed by atoms with Gasteiger partial charge in [0.25, 0.3) is 0 Å². The molecule has 0 fully saturated rings. The molecule has 1 N–H and O–H groups in total. The summed E-state index contributed by atoms with van der Waals surface area (Å²) < 4.78 is 20.7. The molecule has 0 aliphatic carbocycles. The van der Waals surface area contributed by atoms with Gasteiger partial charge in [-0.3, -0.25) is 9.59 Å². The molecular weight excluding hydrogens is 510 g/mol. The SMILES string of the molecule is CCOC(=O)CNC(=O)N(CCCOC)CC(=O)N(CCc1ccc(OC)c(OC)c1)Cc1sccc1C. The molecule has 1 aromatic carbocycles. The van der Waals surface area contributed by atoms with Crippen LogP contribution in [0, 0.1) is 6.92 Å². The highest BCUT2D eigenvalue weighted by molar-refractivity contribution is 7.10. The number of benzene rings is 1. The van der Waals surface area contributed by atoms with Crippen LogP contribution in [0.15, 0.2) is 29.6 Å². The van der Waals surface area contributed by atoms with E-state index in [1.807, 2.05) is 36.6 Å². The summed E-state index contributed by atoms with van der Waals surface area (Å²) in [5.41, 5.74) is 2.11. The first-order chi connectivity index (χ1) is 18.3. The molecule has 210 valence electrons. The van der Waals surface area contributed by atoms with Gasteiger partial charge in [-0.05, 0) is 61.4 Å². The first kappa shape index (κ1) is 30.9. The minimum atomic E-state index is -0.534. The number of carbonyl (C=O) groups excluding carboxylic acids is 3. The fraction of sp³-hybridized carbons (Fsp3) is 0.519. The van der Waals surface area contributed by atoms with E-state index in [9.17, 15) is 14.4 Å². The van der Waals surface area contributed by atoms with Crippen molar-refractivity contribution in [2.45, 2.75) is 33.2 Å². The van der Waals surface area contributed by atoms with Crippen LogP contribution in [0.3, 0.4) is 0 Å². The highest BCUT2D eigenvalue weighted by Crippen LogP contribution is 2.28. The Morgan fingerprint density at radius 3 is 2.39 bits per heavy atom. The third-order valence-electron chi connectivity index (χ3n) is 5.85. The molecule has 0 bridgehead atoms. The number of rotatable bonds is 16. The van der Waals surface area contributed by atoms with Gasteiger partial charge in [-0.15, -0.1) is 11.3 Å². The van der Waals surface area contributed by atoms with E-state index in [1.54, 1.807) is 44.5 Å². The lowest BCUT2D eigenvalue weighted by Crippen LogP contribution is -2.48. The maximum Gasteiger partial charge on any atom is 0.325 e. The van der Waals surface area contributed by atoms with Crippen molar-refractivity contribution in [3.8, 4) is 11.5 Å². The highest BCUT2D eigenvalue weighted by Gasteiger charge is 2.23. The Hall–Kier alpha value is -3.31. The minimum absolute atomic E-state index is 0.130. The molecule has 11 heteroatoms. The Balaban J connectivity index is 2.17. The highest BCUT2D eigenvalue weighted by atomic mass is 32.1. The number of hydrogen-bond donors (Lipinski definition) is 1. The fourth-order valence-electron chi connectivity index (χ4n) is 3.72. The molecule has 0 aliphatic rings. The Bertz CT molecular complexity index is 1040. The van der Waals surface area contributed by atoms with E-state index in [1.165, 1.54) is 4.90 Å².